The first-order valence-corrected chi connectivity index (χ1v) is 9.86. The van der Waals surface area contributed by atoms with Crippen LogP contribution in [0.3, 0.4) is 0 Å². The van der Waals surface area contributed by atoms with E-state index in [0.717, 1.165) is 0 Å². The van der Waals surface area contributed by atoms with E-state index in [2.05, 4.69) is 10.6 Å². The highest BCUT2D eigenvalue weighted by atomic mass is 16.3. The molecule has 0 heterocycles. The third kappa shape index (κ3) is 7.06. The summed E-state index contributed by atoms with van der Waals surface area (Å²) in [5.41, 5.74) is 6.65. The summed E-state index contributed by atoms with van der Waals surface area (Å²) < 4.78 is 0. The van der Waals surface area contributed by atoms with Gasteiger partial charge in [-0.15, -0.1) is 0 Å². The van der Waals surface area contributed by atoms with Crippen molar-refractivity contribution in [3.63, 3.8) is 0 Å². The quantitative estimate of drug-likeness (QED) is 0.243. The van der Waals surface area contributed by atoms with E-state index in [1.165, 1.54) is 54.8 Å². The van der Waals surface area contributed by atoms with Crippen LogP contribution in [0.15, 0.2) is 48.3 Å². The molecule has 0 radical (unpaired) electrons. The number of nitrogens with two attached hydrogens (primary N) is 1. The zero-order valence-electron chi connectivity index (χ0n) is 17.7. The maximum atomic E-state index is 12.7. The topological polar surface area (TPSA) is 165 Å². The number of rotatable bonds is 8. The molecule has 9 nitrogen and oxygen atoms in total. The fourth-order valence-corrected chi connectivity index (χ4v) is 2.73. The van der Waals surface area contributed by atoms with Crippen LogP contribution in [0.1, 0.15) is 31.4 Å². The largest absolute Gasteiger partial charge is 0.504 e. The summed E-state index contributed by atoms with van der Waals surface area (Å²) >= 11 is 0. The lowest BCUT2D eigenvalue weighted by molar-refractivity contribution is -0.124. The molecule has 0 aromatic heterocycles. The van der Waals surface area contributed by atoms with E-state index in [-0.39, 0.29) is 34.6 Å². The third-order valence-electron chi connectivity index (χ3n) is 4.36. The van der Waals surface area contributed by atoms with Gasteiger partial charge in [0.05, 0.1) is 6.04 Å². The molecular weight excluding hydrogens is 414 g/mol. The Hall–Kier alpha value is -3.98. The van der Waals surface area contributed by atoms with Gasteiger partial charge in [0.25, 0.3) is 5.91 Å². The average molecular weight is 441 g/mol. The number of hydrogen-bond acceptors (Lipinski definition) is 7. The first-order chi connectivity index (χ1) is 15.1. The Kier molecular flexibility index (Phi) is 8.25. The predicted octanol–water partition coefficient (Wildman–Crippen LogP) is 2.13. The van der Waals surface area contributed by atoms with Crippen LogP contribution in [-0.2, 0) is 9.59 Å². The lowest BCUT2D eigenvalue weighted by Crippen LogP contribution is -2.43. The van der Waals surface area contributed by atoms with Gasteiger partial charge in [-0.3, -0.25) is 9.59 Å². The van der Waals surface area contributed by atoms with Crippen LogP contribution < -0.4 is 16.4 Å². The normalized spacial score (nSPS) is 12.7. The number of amides is 2. The van der Waals surface area contributed by atoms with E-state index >= 15 is 0 Å². The Bertz CT molecular complexity index is 1050. The summed E-state index contributed by atoms with van der Waals surface area (Å²) in [7, 11) is 0. The molecule has 0 fully saturated rings. The molecule has 8 N–H and O–H groups in total. The van der Waals surface area contributed by atoms with Crippen LogP contribution in [0.2, 0.25) is 0 Å². The second-order valence-corrected chi connectivity index (χ2v) is 7.59. The van der Waals surface area contributed by atoms with E-state index in [1.807, 2.05) is 13.8 Å². The molecule has 170 valence electrons. The van der Waals surface area contributed by atoms with Crippen molar-refractivity contribution < 1.29 is 30.0 Å². The summed E-state index contributed by atoms with van der Waals surface area (Å²) in [6.45, 7) is 3.84. The monoisotopic (exact) mass is 441 g/mol. The number of phenolic OH excluding ortho intramolecular Hbond substituents is 4. The Morgan fingerprint density at radius 3 is 2.06 bits per heavy atom. The zero-order valence-corrected chi connectivity index (χ0v) is 17.7. The molecule has 0 saturated heterocycles. The highest BCUT2D eigenvalue weighted by Gasteiger charge is 2.19. The van der Waals surface area contributed by atoms with Gasteiger partial charge in [0.2, 0.25) is 5.91 Å². The minimum absolute atomic E-state index is 0.127. The Balaban J connectivity index is 2.23. The number of aromatic hydroxyl groups is 4. The second kappa shape index (κ2) is 10.9. The van der Waals surface area contributed by atoms with Crippen LogP contribution in [0.5, 0.6) is 23.0 Å². The predicted molar refractivity (Wildman–Crippen MR) is 120 cm³/mol. The average Bonchev–Trinajstić information content (AvgIpc) is 2.72. The van der Waals surface area contributed by atoms with Crippen LogP contribution in [-0.4, -0.2) is 38.3 Å². The fraction of sp³-hybridized carbons (Fsp3) is 0.217. The molecule has 2 amide bonds. The highest BCUT2D eigenvalue weighted by molar-refractivity contribution is 6.02. The van der Waals surface area contributed by atoms with Crippen LogP contribution in [0, 0.1) is 5.92 Å². The van der Waals surface area contributed by atoms with Crippen molar-refractivity contribution in [3.8, 4) is 23.0 Å². The summed E-state index contributed by atoms with van der Waals surface area (Å²) in [5, 5.41) is 43.1. The standard InChI is InChI=1S/C23H27N3O6/c1-13(2)9-16(24)22(31)26-17(10-15-4-6-19(28)21(30)12-15)23(32)25-8-7-14-3-5-18(27)20(29)11-14/h3-8,10-13,16,27-30H,9,24H2,1-2H3,(H,25,32)(H,26,31)/b8-7+,17-10+/t16-/m0/s1. The van der Waals surface area contributed by atoms with Gasteiger partial charge in [-0.05, 0) is 59.9 Å². The SMILES string of the molecule is CC(C)C[C@H](N)C(=O)N/C(=C/c1ccc(O)c(O)c1)C(=O)N/C=C/c1ccc(O)c(O)c1. The van der Waals surface area contributed by atoms with Crippen LogP contribution >= 0.6 is 0 Å². The number of benzene rings is 2. The fourth-order valence-electron chi connectivity index (χ4n) is 2.73. The minimum atomic E-state index is -0.824. The first kappa shape index (κ1) is 24.3. The van der Waals surface area contributed by atoms with Crippen molar-refractivity contribution in [1.29, 1.82) is 0 Å². The molecule has 2 aromatic rings. The Morgan fingerprint density at radius 2 is 1.50 bits per heavy atom. The third-order valence-corrected chi connectivity index (χ3v) is 4.36. The molecule has 9 heteroatoms. The van der Waals surface area contributed by atoms with Gasteiger partial charge < -0.3 is 36.8 Å². The van der Waals surface area contributed by atoms with Crippen molar-refractivity contribution in [2.75, 3.05) is 0 Å². The number of phenols is 4. The van der Waals surface area contributed by atoms with Gasteiger partial charge in [-0.2, -0.15) is 0 Å². The molecule has 2 aromatic carbocycles. The summed E-state index contributed by atoms with van der Waals surface area (Å²) in [4.78, 5) is 25.2. The lowest BCUT2D eigenvalue weighted by Gasteiger charge is -2.15. The number of nitrogens with one attached hydrogen (secondary N) is 2. The highest BCUT2D eigenvalue weighted by Crippen LogP contribution is 2.26. The van der Waals surface area contributed by atoms with E-state index in [4.69, 9.17) is 5.73 Å². The maximum absolute atomic E-state index is 12.7. The number of carbonyl (C=O) groups excluding carboxylic acids is 2. The van der Waals surface area contributed by atoms with Crippen molar-refractivity contribution in [1.82, 2.24) is 10.6 Å². The zero-order chi connectivity index (χ0) is 23.8. The smallest absolute Gasteiger partial charge is 0.271 e. The van der Waals surface area contributed by atoms with Gasteiger partial charge in [-0.1, -0.05) is 26.0 Å². The summed E-state index contributed by atoms with van der Waals surface area (Å²) in [5.74, 6) is -2.32. The molecule has 0 aliphatic carbocycles. The molecule has 0 unspecified atom stereocenters. The van der Waals surface area contributed by atoms with Gasteiger partial charge in [-0.25, -0.2) is 0 Å². The molecule has 0 saturated carbocycles. The van der Waals surface area contributed by atoms with Crippen LogP contribution in [0.4, 0.5) is 0 Å². The summed E-state index contributed by atoms with van der Waals surface area (Å²) in [6, 6.07) is 7.25. The summed E-state index contributed by atoms with van der Waals surface area (Å²) in [6.07, 6.45) is 4.53. The van der Waals surface area contributed by atoms with Crippen molar-refractivity contribution in [2.45, 2.75) is 26.3 Å². The van der Waals surface area contributed by atoms with E-state index in [0.29, 0.717) is 17.5 Å². The number of hydrogen-bond donors (Lipinski definition) is 7. The maximum Gasteiger partial charge on any atom is 0.271 e. The molecular formula is C23H27N3O6. The van der Waals surface area contributed by atoms with Crippen molar-refractivity contribution in [3.05, 3.63) is 59.4 Å². The van der Waals surface area contributed by atoms with Crippen molar-refractivity contribution >= 4 is 24.0 Å². The molecule has 0 bridgehead atoms. The molecule has 0 aliphatic rings. The van der Waals surface area contributed by atoms with Crippen molar-refractivity contribution in [2.24, 2.45) is 11.7 Å². The minimum Gasteiger partial charge on any atom is -0.504 e. The molecule has 0 aliphatic heterocycles. The van der Waals surface area contributed by atoms with E-state index in [9.17, 15) is 30.0 Å². The van der Waals surface area contributed by atoms with Crippen LogP contribution in [0.25, 0.3) is 12.2 Å². The lowest BCUT2D eigenvalue weighted by atomic mass is 10.0. The van der Waals surface area contributed by atoms with Gasteiger partial charge in [0.1, 0.15) is 5.70 Å². The second-order valence-electron chi connectivity index (χ2n) is 7.59. The van der Waals surface area contributed by atoms with Gasteiger partial charge in [0, 0.05) is 6.20 Å². The molecule has 2 rings (SSSR count). The van der Waals surface area contributed by atoms with Gasteiger partial charge >= 0.3 is 0 Å². The van der Waals surface area contributed by atoms with Gasteiger partial charge in [0.15, 0.2) is 23.0 Å². The van der Waals surface area contributed by atoms with E-state index in [1.54, 1.807) is 0 Å². The molecule has 32 heavy (non-hydrogen) atoms. The molecule has 0 spiro atoms. The first-order valence-electron chi connectivity index (χ1n) is 9.86. The van der Waals surface area contributed by atoms with E-state index < -0.39 is 17.9 Å². The number of carbonyl (C=O) groups is 2. The Morgan fingerprint density at radius 1 is 0.938 bits per heavy atom. The Labute approximate surface area is 185 Å². The molecule has 1 atom stereocenters.